The van der Waals surface area contributed by atoms with E-state index < -0.39 is 21.7 Å². The fourth-order valence-corrected chi connectivity index (χ4v) is 3.96. The molecule has 0 aromatic heterocycles. The van der Waals surface area contributed by atoms with Crippen molar-refractivity contribution in [3.63, 3.8) is 0 Å². The number of carbonyl (C=O) groups excluding carboxylic acids is 1. The molecular weight excluding hydrogens is 357 g/mol. The number of benzene rings is 1. The average Bonchev–Trinajstić information content (AvgIpc) is 3.37. The molecule has 0 atom stereocenters. The highest BCUT2D eigenvalue weighted by atomic mass is 32.2. The van der Waals surface area contributed by atoms with Gasteiger partial charge in [0.2, 0.25) is 10.0 Å². The summed E-state index contributed by atoms with van der Waals surface area (Å²) in [6.45, 7) is 2.82. The molecule has 144 valence electrons. The van der Waals surface area contributed by atoms with Crippen molar-refractivity contribution >= 4 is 15.9 Å². The third-order valence-electron chi connectivity index (χ3n) is 5.25. The summed E-state index contributed by atoms with van der Waals surface area (Å²) >= 11 is 0. The molecule has 1 N–H and O–H groups in total. The lowest BCUT2D eigenvalue weighted by Gasteiger charge is -2.26. The first-order chi connectivity index (χ1) is 12.2. The third-order valence-corrected chi connectivity index (χ3v) is 5.81. The van der Waals surface area contributed by atoms with E-state index in [9.17, 15) is 17.6 Å². The average molecular weight is 383 g/mol. The number of hydrogen-bond acceptors (Lipinski definition) is 4. The molecule has 7 heteroatoms. The molecule has 0 heterocycles. The molecule has 2 saturated carbocycles. The fraction of sp³-hybridized carbons (Fsp3) is 0.632. The maximum Gasteiger partial charge on any atom is 0.267 e. The van der Waals surface area contributed by atoms with Crippen LogP contribution in [0.5, 0.6) is 5.75 Å². The van der Waals surface area contributed by atoms with Crippen molar-refractivity contribution < 1.29 is 22.3 Å². The number of halogens is 1. The highest BCUT2D eigenvalue weighted by Crippen LogP contribution is 2.45. The SMILES string of the molecule is CS(=O)(=O)NC(=O)c1cc(C2CC2)c(OC[C@H]2CC[C@@H](C)CC2)cc1F. The summed E-state index contributed by atoms with van der Waals surface area (Å²) in [5.41, 5.74) is 0.547. The van der Waals surface area contributed by atoms with E-state index in [2.05, 4.69) is 6.92 Å². The molecule has 1 amide bonds. The monoisotopic (exact) mass is 383 g/mol. The van der Waals surface area contributed by atoms with Gasteiger partial charge >= 0.3 is 0 Å². The summed E-state index contributed by atoms with van der Waals surface area (Å²) in [5.74, 6) is 0.275. The second-order valence-electron chi connectivity index (χ2n) is 7.78. The first-order valence-corrected chi connectivity index (χ1v) is 11.1. The number of nitrogens with one attached hydrogen (secondary N) is 1. The van der Waals surface area contributed by atoms with E-state index in [1.807, 2.05) is 4.72 Å². The van der Waals surface area contributed by atoms with Gasteiger partial charge in [0.1, 0.15) is 11.6 Å². The van der Waals surface area contributed by atoms with Crippen LogP contribution in [0.1, 0.15) is 67.3 Å². The molecular formula is C19H26FNO4S. The van der Waals surface area contributed by atoms with Gasteiger partial charge in [-0.05, 0) is 55.1 Å². The molecule has 0 radical (unpaired) electrons. The van der Waals surface area contributed by atoms with Crippen LogP contribution in [-0.2, 0) is 10.0 Å². The number of sulfonamides is 1. The normalized spacial score (nSPS) is 23.5. The van der Waals surface area contributed by atoms with E-state index in [4.69, 9.17) is 4.74 Å². The second-order valence-corrected chi connectivity index (χ2v) is 9.53. The van der Waals surface area contributed by atoms with Gasteiger partial charge in [-0.1, -0.05) is 19.8 Å². The summed E-state index contributed by atoms with van der Waals surface area (Å²) in [7, 11) is -3.74. The van der Waals surface area contributed by atoms with Crippen LogP contribution in [0.2, 0.25) is 0 Å². The van der Waals surface area contributed by atoms with Gasteiger partial charge in [-0.25, -0.2) is 17.5 Å². The van der Waals surface area contributed by atoms with E-state index in [1.54, 1.807) is 0 Å². The Kier molecular flexibility index (Phi) is 5.55. The van der Waals surface area contributed by atoms with Crippen LogP contribution >= 0.6 is 0 Å². The lowest BCUT2D eigenvalue weighted by molar-refractivity contribution is 0.0977. The maximum absolute atomic E-state index is 14.4. The highest BCUT2D eigenvalue weighted by Gasteiger charge is 2.30. The van der Waals surface area contributed by atoms with E-state index in [-0.39, 0.29) is 11.5 Å². The maximum atomic E-state index is 14.4. The molecule has 1 aromatic rings. The molecule has 0 aliphatic heterocycles. The molecule has 0 unspecified atom stereocenters. The van der Waals surface area contributed by atoms with E-state index in [0.717, 1.165) is 43.4 Å². The largest absolute Gasteiger partial charge is 0.493 e. The van der Waals surface area contributed by atoms with Gasteiger partial charge in [-0.15, -0.1) is 0 Å². The Morgan fingerprint density at radius 3 is 2.42 bits per heavy atom. The number of rotatable bonds is 6. The molecule has 2 fully saturated rings. The Balaban J connectivity index is 1.76. The van der Waals surface area contributed by atoms with E-state index in [0.29, 0.717) is 18.3 Å². The Labute approximate surface area is 154 Å². The Morgan fingerprint density at radius 2 is 1.85 bits per heavy atom. The first kappa shape index (κ1) is 19.1. The van der Waals surface area contributed by atoms with Gasteiger partial charge in [0.25, 0.3) is 5.91 Å². The fourth-order valence-electron chi connectivity index (χ4n) is 3.51. The van der Waals surface area contributed by atoms with Gasteiger partial charge in [0, 0.05) is 6.07 Å². The third kappa shape index (κ3) is 4.96. The number of amides is 1. The zero-order valence-electron chi connectivity index (χ0n) is 15.3. The second kappa shape index (κ2) is 7.55. The number of carbonyl (C=O) groups is 1. The van der Waals surface area contributed by atoms with Crippen LogP contribution in [0.3, 0.4) is 0 Å². The predicted molar refractivity (Wildman–Crippen MR) is 97.3 cm³/mol. The number of hydrogen-bond donors (Lipinski definition) is 1. The van der Waals surface area contributed by atoms with Crippen molar-refractivity contribution in [2.24, 2.45) is 11.8 Å². The lowest BCUT2D eigenvalue weighted by Crippen LogP contribution is -2.30. The van der Waals surface area contributed by atoms with Crippen molar-refractivity contribution in [1.29, 1.82) is 0 Å². The minimum absolute atomic E-state index is 0.252. The Morgan fingerprint density at radius 1 is 1.19 bits per heavy atom. The van der Waals surface area contributed by atoms with Gasteiger partial charge < -0.3 is 4.74 Å². The molecule has 1 aromatic carbocycles. The Hall–Kier alpha value is -1.63. The summed E-state index contributed by atoms with van der Waals surface area (Å²) < 4.78 is 44.7. The smallest absolute Gasteiger partial charge is 0.267 e. The minimum Gasteiger partial charge on any atom is -0.493 e. The first-order valence-electron chi connectivity index (χ1n) is 9.21. The van der Waals surface area contributed by atoms with Crippen LogP contribution in [0.25, 0.3) is 0 Å². The summed E-state index contributed by atoms with van der Waals surface area (Å²) in [6, 6.07) is 2.68. The van der Waals surface area contributed by atoms with Crippen LogP contribution in [0.4, 0.5) is 4.39 Å². The molecule has 0 spiro atoms. The highest BCUT2D eigenvalue weighted by molar-refractivity contribution is 7.89. The molecule has 26 heavy (non-hydrogen) atoms. The molecule has 5 nitrogen and oxygen atoms in total. The standard InChI is InChI=1S/C19H26FNO4S/c1-12-3-5-13(6-4-12)11-25-18-10-17(20)16(9-15(18)14-7-8-14)19(22)21-26(2,23)24/h9-10,12-14H,3-8,11H2,1-2H3,(H,21,22)/t12-,13+. The zero-order chi connectivity index (χ0) is 18.9. The summed E-state index contributed by atoms with van der Waals surface area (Å²) in [6.07, 6.45) is 7.44. The molecule has 0 saturated heterocycles. The van der Waals surface area contributed by atoms with Gasteiger partial charge in [0.05, 0.1) is 18.4 Å². The predicted octanol–water partition coefficient (Wildman–Crippen LogP) is 3.60. The van der Waals surface area contributed by atoms with E-state index >= 15 is 0 Å². The zero-order valence-corrected chi connectivity index (χ0v) is 16.1. The summed E-state index contributed by atoms with van der Waals surface area (Å²) in [5, 5.41) is 0. The number of ether oxygens (including phenoxy) is 1. The molecule has 0 bridgehead atoms. The van der Waals surface area contributed by atoms with Crippen LogP contribution in [0, 0.1) is 17.7 Å². The van der Waals surface area contributed by atoms with Crippen molar-refractivity contribution in [3.05, 3.63) is 29.1 Å². The van der Waals surface area contributed by atoms with Crippen molar-refractivity contribution in [2.75, 3.05) is 12.9 Å². The van der Waals surface area contributed by atoms with E-state index in [1.165, 1.54) is 25.0 Å². The molecule has 3 rings (SSSR count). The van der Waals surface area contributed by atoms with Crippen LogP contribution in [0.15, 0.2) is 12.1 Å². The van der Waals surface area contributed by atoms with Crippen molar-refractivity contribution in [1.82, 2.24) is 4.72 Å². The van der Waals surface area contributed by atoms with Gasteiger partial charge in [0.15, 0.2) is 0 Å². The van der Waals surface area contributed by atoms with Crippen molar-refractivity contribution in [2.45, 2.75) is 51.4 Å². The minimum atomic E-state index is -3.74. The summed E-state index contributed by atoms with van der Waals surface area (Å²) in [4.78, 5) is 12.1. The van der Waals surface area contributed by atoms with Crippen LogP contribution < -0.4 is 9.46 Å². The molecule has 2 aliphatic rings. The van der Waals surface area contributed by atoms with Gasteiger partial charge in [-0.2, -0.15) is 0 Å². The topological polar surface area (TPSA) is 72.5 Å². The molecule has 2 aliphatic carbocycles. The Bertz CT molecular complexity index is 781. The van der Waals surface area contributed by atoms with Gasteiger partial charge in [-0.3, -0.25) is 4.79 Å². The quantitative estimate of drug-likeness (QED) is 0.815. The van der Waals surface area contributed by atoms with Crippen molar-refractivity contribution in [3.8, 4) is 5.75 Å². The lowest BCUT2D eigenvalue weighted by atomic mass is 9.83. The van der Waals surface area contributed by atoms with Crippen LogP contribution in [-0.4, -0.2) is 27.2 Å².